The number of ether oxygens (including phenoxy) is 2. The third kappa shape index (κ3) is 6.06. The quantitative estimate of drug-likeness (QED) is 0.446. The number of aromatic nitrogens is 1. The first kappa shape index (κ1) is 20.9. The zero-order valence-corrected chi connectivity index (χ0v) is 17.4. The molecule has 0 saturated heterocycles. The van der Waals surface area contributed by atoms with Crippen LogP contribution in [0, 0.1) is 0 Å². The standard InChI is InChI=1S/C24H24ClNO3/c1-3-24(2,17-28-23(27)20-5-4-14-26-16-20)29-22-12-8-19(9-13-22)15-18-6-10-21(25)11-7-18/h4-14,16H,3,15,17H2,1-2H3/t24-/m1/s1. The van der Waals surface area contributed by atoms with Gasteiger partial charge in [-0.3, -0.25) is 4.98 Å². The Bertz CT molecular complexity index is 927. The lowest BCUT2D eigenvalue weighted by Crippen LogP contribution is -2.38. The minimum Gasteiger partial charge on any atom is -0.484 e. The summed E-state index contributed by atoms with van der Waals surface area (Å²) in [5.41, 5.74) is 2.19. The minimum absolute atomic E-state index is 0.157. The molecule has 5 heteroatoms. The van der Waals surface area contributed by atoms with Crippen molar-refractivity contribution >= 4 is 17.6 Å². The molecule has 0 aliphatic rings. The van der Waals surface area contributed by atoms with Crippen molar-refractivity contribution in [1.29, 1.82) is 0 Å². The van der Waals surface area contributed by atoms with E-state index in [-0.39, 0.29) is 6.61 Å². The number of nitrogens with zero attached hydrogens (tertiary/aromatic N) is 1. The zero-order valence-electron chi connectivity index (χ0n) is 16.6. The minimum atomic E-state index is -0.616. The van der Waals surface area contributed by atoms with E-state index in [2.05, 4.69) is 4.98 Å². The summed E-state index contributed by atoms with van der Waals surface area (Å²) in [5, 5.41) is 0.737. The molecule has 0 aliphatic carbocycles. The van der Waals surface area contributed by atoms with Crippen LogP contribution in [0.15, 0.2) is 73.1 Å². The fourth-order valence-electron chi connectivity index (χ4n) is 2.79. The highest BCUT2D eigenvalue weighted by Gasteiger charge is 2.27. The summed E-state index contributed by atoms with van der Waals surface area (Å²) in [5.74, 6) is 0.339. The topological polar surface area (TPSA) is 48.4 Å². The monoisotopic (exact) mass is 409 g/mol. The average Bonchev–Trinajstić information content (AvgIpc) is 2.76. The van der Waals surface area contributed by atoms with E-state index in [4.69, 9.17) is 21.1 Å². The summed E-state index contributed by atoms with van der Waals surface area (Å²) in [7, 11) is 0. The number of carbonyl (C=O) groups is 1. The van der Waals surface area contributed by atoms with Crippen molar-refractivity contribution in [3.8, 4) is 5.75 Å². The Labute approximate surface area is 176 Å². The molecule has 3 rings (SSSR count). The van der Waals surface area contributed by atoms with Gasteiger partial charge in [0.15, 0.2) is 0 Å². The van der Waals surface area contributed by atoms with Crippen molar-refractivity contribution < 1.29 is 14.3 Å². The molecule has 1 atom stereocenters. The van der Waals surface area contributed by atoms with Gasteiger partial charge in [-0.2, -0.15) is 0 Å². The molecule has 4 nitrogen and oxygen atoms in total. The molecule has 0 aliphatic heterocycles. The number of pyridine rings is 1. The molecule has 1 aromatic heterocycles. The third-order valence-electron chi connectivity index (χ3n) is 4.76. The number of hydrogen-bond donors (Lipinski definition) is 0. The second kappa shape index (κ2) is 9.57. The summed E-state index contributed by atoms with van der Waals surface area (Å²) in [6, 6.07) is 19.2. The Kier molecular flexibility index (Phi) is 6.89. The van der Waals surface area contributed by atoms with Crippen molar-refractivity contribution in [3.63, 3.8) is 0 Å². The average molecular weight is 410 g/mol. The van der Waals surface area contributed by atoms with E-state index >= 15 is 0 Å². The maximum absolute atomic E-state index is 12.2. The van der Waals surface area contributed by atoms with Gasteiger partial charge in [-0.05, 0) is 67.3 Å². The molecule has 0 amide bonds. The van der Waals surface area contributed by atoms with Crippen LogP contribution < -0.4 is 4.74 Å². The van der Waals surface area contributed by atoms with Crippen molar-refractivity contribution in [2.24, 2.45) is 0 Å². The number of rotatable bonds is 8. The van der Waals surface area contributed by atoms with Crippen LogP contribution >= 0.6 is 11.6 Å². The van der Waals surface area contributed by atoms with E-state index in [0.717, 1.165) is 17.2 Å². The number of halogens is 1. The molecule has 29 heavy (non-hydrogen) atoms. The molecule has 0 spiro atoms. The number of hydrogen-bond acceptors (Lipinski definition) is 4. The van der Waals surface area contributed by atoms with Gasteiger partial charge >= 0.3 is 5.97 Å². The van der Waals surface area contributed by atoms with E-state index in [1.165, 1.54) is 17.3 Å². The van der Waals surface area contributed by atoms with E-state index in [1.807, 2.05) is 62.4 Å². The predicted octanol–water partition coefficient (Wildman–Crippen LogP) is 5.73. The summed E-state index contributed by atoms with van der Waals surface area (Å²) in [4.78, 5) is 16.1. The molecule has 0 bridgehead atoms. The molecule has 0 radical (unpaired) electrons. The number of benzene rings is 2. The second-order valence-electron chi connectivity index (χ2n) is 7.17. The molecule has 1 heterocycles. The van der Waals surface area contributed by atoms with Gasteiger partial charge in [-0.15, -0.1) is 0 Å². The number of esters is 1. The fourth-order valence-corrected chi connectivity index (χ4v) is 2.91. The van der Waals surface area contributed by atoms with Gasteiger partial charge in [0.25, 0.3) is 0 Å². The summed E-state index contributed by atoms with van der Waals surface area (Å²) in [6.07, 6.45) is 4.63. The van der Waals surface area contributed by atoms with Gasteiger partial charge in [-0.25, -0.2) is 4.79 Å². The van der Waals surface area contributed by atoms with Gasteiger partial charge in [0, 0.05) is 17.4 Å². The molecule has 0 fully saturated rings. The van der Waals surface area contributed by atoms with Crippen molar-refractivity contribution in [2.75, 3.05) is 6.61 Å². The molecule has 3 aromatic rings. The van der Waals surface area contributed by atoms with Gasteiger partial charge in [0.2, 0.25) is 0 Å². The van der Waals surface area contributed by atoms with Gasteiger partial charge in [-0.1, -0.05) is 42.8 Å². The van der Waals surface area contributed by atoms with Gasteiger partial charge in [0.05, 0.1) is 5.56 Å². The Hall–Kier alpha value is -2.85. The second-order valence-corrected chi connectivity index (χ2v) is 7.61. The van der Waals surface area contributed by atoms with Crippen LogP contribution in [-0.2, 0) is 11.2 Å². The van der Waals surface area contributed by atoms with Crippen LogP contribution in [0.1, 0.15) is 41.8 Å². The Balaban J connectivity index is 1.59. The molecular weight excluding hydrogens is 386 g/mol. The molecule has 0 saturated carbocycles. The molecule has 0 N–H and O–H groups in total. The maximum atomic E-state index is 12.2. The van der Waals surface area contributed by atoms with E-state index < -0.39 is 11.6 Å². The SMILES string of the molecule is CC[C@](C)(COC(=O)c1cccnc1)Oc1ccc(Cc2ccc(Cl)cc2)cc1. The maximum Gasteiger partial charge on any atom is 0.339 e. The van der Waals surface area contributed by atoms with Crippen molar-refractivity contribution in [2.45, 2.75) is 32.3 Å². The molecule has 150 valence electrons. The predicted molar refractivity (Wildman–Crippen MR) is 115 cm³/mol. The van der Waals surface area contributed by atoms with Crippen LogP contribution in [0.5, 0.6) is 5.75 Å². The first-order valence-electron chi connectivity index (χ1n) is 9.57. The highest BCUT2D eigenvalue weighted by Crippen LogP contribution is 2.24. The van der Waals surface area contributed by atoms with Crippen LogP contribution in [0.4, 0.5) is 0 Å². The summed E-state index contributed by atoms with van der Waals surface area (Å²) >= 11 is 5.94. The van der Waals surface area contributed by atoms with E-state index in [0.29, 0.717) is 12.0 Å². The highest BCUT2D eigenvalue weighted by molar-refractivity contribution is 6.30. The van der Waals surface area contributed by atoms with E-state index in [9.17, 15) is 4.79 Å². The Morgan fingerprint density at radius 3 is 2.28 bits per heavy atom. The Morgan fingerprint density at radius 2 is 1.69 bits per heavy atom. The van der Waals surface area contributed by atoms with Crippen LogP contribution in [0.2, 0.25) is 5.02 Å². The van der Waals surface area contributed by atoms with Crippen LogP contribution in [-0.4, -0.2) is 23.2 Å². The zero-order chi connectivity index (χ0) is 20.7. The summed E-state index contributed by atoms with van der Waals surface area (Å²) in [6.45, 7) is 4.10. The van der Waals surface area contributed by atoms with Crippen molar-refractivity contribution in [1.82, 2.24) is 4.98 Å². The largest absolute Gasteiger partial charge is 0.484 e. The lowest BCUT2D eigenvalue weighted by molar-refractivity contribution is -0.00757. The highest BCUT2D eigenvalue weighted by atomic mass is 35.5. The molecular formula is C24H24ClNO3. The number of carbonyl (C=O) groups excluding carboxylic acids is 1. The van der Waals surface area contributed by atoms with Gasteiger partial charge < -0.3 is 9.47 Å². The fraction of sp³-hybridized carbons (Fsp3) is 0.250. The first-order chi connectivity index (χ1) is 14.0. The van der Waals surface area contributed by atoms with Crippen LogP contribution in [0.25, 0.3) is 0 Å². The smallest absolute Gasteiger partial charge is 0.339 e. The Morgan fingerprint density at radius 1 is 1.03 bits per heavy atom. The lowest BCUT2D eigenvalue weighted by Gasteiger charge is -2.29. The molecule has 0 unspecified atom stereocenters. The van der Waals surface area contributed by atoms with Crippen molar-refractivity contribution in [3.05, 3.63) is 94.8 Å². The summed E-state index contributed by atoms with van der Waals surface area (Å²) < 4.78 is 11.6. The lowest BCUT2D eigenvalue weighted by atomic mass is 10.0. The first-order valence-corrected chi connectivity index (χ1v) is 9.95. The normalized spacial score (nSPS) is 12.8. The van der Waals surface area contributed by atoms with Crippen LogP contribution in [0.3, 0.4) is 0 Å². The van der Waals surface area contributed by atoms with Gasteiger partial charge in [0.1, 0.15) is 18.0 Å². The van der Waals surface area contributed by atoms with E-state index in [1.54, 1.807) is 18.3 Å². The molecule has 2 aromatic carbocycles. The third-order valence-corrected chi connectivity index (χ3v) is 5.01.